The number of ether oxygens (including phenoxy) is 1. The van der Waals surface area contributed by atoms with Crippen molar-refractivity contribution < 1.29 is 4.74 Å². The largest absolute Gasteiger partial charge is 0.497 e. The molecule has 0 saturated heterocycles. The number of nitrogens with zero attached hydrogens (tertiary/aromatic N) is 2. The van der Waals surface area contributed by atoms with E-state index in [1.165, 1.54) is 0 Å². The van der Waals surface area contributed by atoms with Crippen molar-refractivity contribution >= 4 is 17.5 Å². The average molecular weight is 250 g/mol. The van der Waals surface area contributed by atoms with Gasteiger partial charge in [-0.1, -0.05) is 11.6 Å². The van der Waals surface area contributed by atoms with Crippen molar-refractivity contribution in [2.75, 3.05) is 19.5 Å². The maximum Gasteiger partial charge on any atom is 0.222 e. The molecule has 1 N–H and O–H groups in total. The number of hydrogen-bond acceptors (Lipinski definition) is 4. The minimum absolute atomic E-state index is 0.582. The maximum atomic E-state index is 6.17. The van der Waals surface area contributed by atoms with Crippen LogP contribution in [0.1, 0.15) is 0 Å². The fourth-order valence-corrected chi connectivity index (χ4v) is 1.73. The lowest BCUT2D eigenvalue weighted by molar-refractivity contribution is 0.415. The van der Waals surface area contributed by atoms with Gasteiger partial charge in [0.15, 0.2) is 0 Å². The Morgan fingerprint density at radius 2 is 1.94 bits per heavy atom. The van der Waals surface area contributed by atoms with E-state index in [0.717, 1.165) is 16.9 Å². The summed E-state index contributed by atoms with van der Waals surface area (Å²) in [5, 5.41) is 3.48. The zero-order chi connectivity index (χ0) is 12.3. The summed E-state index contributed by atoms with van der Waals surface area (Å²) in [7, 11) is 3.38. The molecule has 0 fully saturated rings. The van der Waals surface area contributed by atoms with Crippen LogP contribution in [0.5, 0.6) is 5.75 Å². The molecule has 5 heteroatoms. The lowest BCUT2D eigenvalue weighted by Crippen LogP contribution is -1.95. The van der Waals surface area contributed by atoms with Gasteiger partial charge in [-0.3, -0.25) is 0 Å². The Morgan fingerprint density at radius 1 is 1.24 bits per heavy atom. The first-order chi connectivity index (χ1) is 8.24. The Bertz CT molecular complexity index is 514. The number of nitrogens with one attached hydrogen (secondary N) is 1. The molecule has 2 aromatic rings. The second-order valence-corrected chi connectivity index (χ2v) is 3.80. The van der Waals surface area contributed by atoms with E-state index in [9.17, 15) is 0 Å². The molecule has 0 amide bonds. The van der Waals surface area contributed by atoms with Crippen LogP contribution in [0.4, 0.5) is 5.95 Å². The van der Waals surface area contributed by atoms with Crippen LogP contribution in [0.25, 0.3) is 11.1 Å². The fourth-order valence-electron chi connectivity index (χ4n) is 1.45. The number of methoxy groups -OCH3 is 1. The number of benzene rings is 1. The van der Waals surface area contributed by atoms with Crippen LogP contribution in [0, 0.1) is 0 Å². The van der Waals surface area contributed by atoms with Gasteiger partial charge in [0, 0.05) is 30.6 Å². The highest BCUT2D eigenvalue weighted by Gasteiger charge is 2.06. The molecule has 0 saturated carbocycles. The number of hydrogen-bond donors (Lipinski definition) is 1. The van der Waals surface area contributed by atoms with Crippen molar-refractivity contribution in [1.29, 1.82) is 0 Å². The lowest BCUT2D eigenvalue weighted by Gasteiger charge is -2.06. The van der Waals surface area contributed by atoms with E-state index < -0.39 is 0 Å². The molecule has 0 bridgehead atoms. The topological polar surface area (TPSA) is 47.0 Å². The Labute approximate surface area is 105 Å². The van der Waals surface area contributed by atoms with E-state index >= 15 is 0 Å². The van der Waals surface area contributed by atoms with Gasteiger partial charge in [0.2, 0.25) is 5.95 Å². The summed E-state index contributed by atoms with van der Waals surface area (Å²) >= 11 is 6.17. The van der Waals surface area contributed by atoms with Crippen LogP contribution in [0.2, 0.25) is 5.02 Å². The van der Waals surface area contributed by atoms with Crippen molar-refractivity contribution in [2.45, 2.75) is 0 Å². The highest BCUT2D eigenvalue weighted by Crippen LogP contribution is 2.30. The Kier molecular flexibility index (Phi) is 3.44. The second kappa shape index (κ2) is 5.01. The lowest BCUT2D eigenvalue weighted by atomic mass is 10.1. The monoisotopic (exact) mass is 249 g/mol. The van der Waals surface area contributed by atoms with Crippen LogP contribution >= 0.6 is 11.6 Å². The molecular weight excluding hydrogens is 238 g/mol. The molecule has 17 heavy (non-hydrogen) atoms. The Morgan fingerprint density at radius 3 is 2.47 bits per heavy atom. The third kappa shape index (κ3) is 2.47. The van der Waals surface area contributed by atoms with E-state index in [4.69, 9.17) is 16.3 Å². The summed E-state index contributed by atoms with van der Waals surface area (Å²) in [5.74, 6) is 1.31. The quantitative estimate of drug-likeness (QED) is 0.909. The molecule has 88 valence electrons. The third-order valence-electron chi connectivity index (χ3n) is 2.36. The zero-order valence-electron chi connectivity index (χ0n) is 9.57. The maximum absolute atomic E-state index is 6.17. The molecular formula is C12H12ClN3O. The summed E-state index contributed by atoms with van der Waals surface area (Å²) in [4.78, 5) is 8.29. The minimum Gasteiger partial charge on any atom is -0.497 e. The summed E-state index contributed by atoms with van der Waals surface area (Å²) in [6.45, 7) is 0. The molecule has 0 unspecified atom stereocenters. The molecule has 1 aromatic heterocycles. The molecule has 0 radical (unpaired) electrons. The first-order valence-corrected chi connectivity index (χ1v) is 5.46. The van der Waals surface area contributed by atoms with Crippen LogP contribution in [0.15, 0.2) is 30.6 Å². The van der Waals surface area contributed by atoms with Gasteiger partial charge in [0.25, 0.3) is 0 Å². The molecule has 0 aliphatic carbocycles. The smallest absolute Gasteiger partial charge is 0.222 e. The Balaban J connectivity index is 2.38. The highest BCUT2D eigenvalue weighted by molar-refractivity contribution is 6.33. The van der Waals surface area contributed by atoms with Crippen molar-refractivity contribution in [3.05, 3.63) is 35.6 Å². The van der Waals surface area contributed by atoms with Crippen LogP contribution in [0.3, 0.4) is 0 Å². The van der Waals surface area contributed by atoms with Gasteiger partial charge < -0.3 is 10.1 Å². The van der Waals surface area contributed by atoms with Gasteiger partial charge in [-0.25, -0.2) is 9.97 Å². The molecule has 0 aliphatic heterocycles. The molecule has 0 spiro atoms. The van der Waals surface area contributed by atoms with Crippen molar-refractivity contribution in [2.24, 2.45) is 0 Å². The molecule has 1 heterocycles. The number of halogens is 1. The van der Waals surface area contributed by atoms with Gasteiger partial charge in [0.05, 0.1) is 12.1 Å². The van der Waals surface area contributed by atoms with Gasteiger partial charge in [0.1, 0.15) is 5.75 Å². The van der Waals surface area contributed by atoms with Gasteiger partial charge in [-0.15, -0.1) is 0 Å². The van der Waals surface area contributed by atoms with Gasteiger partial charge in [-0.2, -0.15) is 0 Å². The van der Waals surface area contributed by atoms with Crippen LogP contribution < -0.4 is 10.1 Å². The van der Waals surface area contributed by atoms with Crippen LogP contribution in [-0.2, 0) is 0 Å². The normalized spacial score (nSPS) is 10.1. The standard InChI is InChI=1S/C12H12ClN3O/c1-14-12-15-6-8(7-16-12)10-4-3-9(17-2)5-11(10)13/h3-7H,1-2H3,(H,14,15,16). The predicted octanol–water partition coefficient (Wildman–Crippen LogP) is 2.85. The fraction of sp³-hybridized carbons (Fsp3) is 0.167. The van der Waals surface area contributed by atoms with Crippen LogP contribution in [-0.4, -0.2) is 24.1 Å². The average Bonchev–Trinajstić information content (AvgIpc) is 2.39. The number of aromatic nitrogens is 2. The van der Waals surface area contributed by atoms with Gasteiger partial charge >= 0.3 is 0 Å². The minimum atomic E-state index is 0.582. The molecule has 2 rings (SSSR count). The Hall–Kier alpha value is -1.81. The van der Waals surface area contributed by atoms with E-state index in [1.807, 2.05) is 12.1 Å². The van der Waals surface area contributed by atoms with Crippen molar-refractivity contribution in [3.63, 3.8) is 0 Å². The van der Waals surface area contributed by atoms with E-state index in [-0.39, 0.29) is 0 Å². The highest BCUT2D eigenvalue weighted by atomic mass is 35.5. The molecule has 4 nitrogen and oxygen atoms in total. The molecule has 0 atom stereocenters. The first kappa shape index (κ1) is 11.7. The number of rotatable bonds is 3. The SMILES string of the molecule is CNc1ncc(-c2ccc(OC)cc2Cl)cn1. The molecule has 1 aromatic carbocycles. The second-order valence-electron chi connectivity index (χ2n) is 3.39. The number of anilines is 1. The van der Waals surface area contributed by atoms with Gasteiger partial charge in [-0.05, 0) is 18.2 Å². The van der Waals surface area contributed by atoms with Crippen molar-refractivity contribution in [3.8, 4) is 16.9 Å². The first-order valence-electron chi connectivity index (χ1n) is 5.08. The van der Waals surface area contributed by atoms with Crippen molar-refractivity contribution in [1.82, 2.24) is 9.97 Å². The summed E-state index contributed by atoms with van der Waals surface area (Å²) in [5.41, 5.74) is 1.76. The van der Waals surface area contributed by atoms with E-state index in [0.29, 0.717) is 11.0 Å². The summed E-state index contributed by atoms with van der Waals surface area (Å²) in [6, 6.07) is 5.51. The summed E-state index contributed by atoms with van der Waals surface area (Å²) in [6.07, 6.45) is 3.46. The predicted molar refractivity (Wildman–Crippen MR) is 68.6 cm³/mol. The van der Waals surface area contributed by atoms with E-state index in [1.54, 1.807) is 32.6 Å². The third-order valence-corrected chi connectivity index (χ3v) is 2.68. The summed E-state index contributed by atoms with van der Waals surface area (Å²) < 4.78 is 5.10. The molecule has 0 aliphatic rings. The van der Waals surface area contributed by atoms with E-state index in [2.05, 4.69) is 15.3 Å². The zero-order valence-corrected chi connectivity index (χ0v) is 10.3.